The van der Waals surface area contributed by atoms with Gasteiger partial charge in [-0.2, -0.15) is 0 Å². The van der Waals surface area contributed by atoms with E-state index < -0.39 is 0 Å². The number of amides is 1. The maximum absolute atomic E-state index is 12.3. The second-order valence-electron chi connectivity index (χ2n) is 4.67. The van der Waals surface area contributed by atoms with Gasteiger partial charge in [-0.05, 0) is 42.9 Å². The number of hydrogen-bond acceptors (Lipinski definition) is 3. The number of aryl methyl sites for hydroxylation is 1. The molecule has 1 atom stereocenters. The average molecular weight is 301 g/mol. The van der Waals surface area contributed by atoms with Gasteiger partial charge in [0.2, 0.25) is 0 Å². The lowest BCUT2D eigenvalue weighted by molar-refractivity contribution is 0.0500. The number of piperazine rings is 1. The number of nitrogens with zero attached hydrogens (tertiary/aromatic N) is 2. The normalized spacial score (nSPS) is 21.9. The Morgan fingerprint density at radius 2 is 2.24 bits per heavy atom. The van der Waals surface area contributed by atoms with Crippen molar-refractivity contribution in [1.29, 1.82) is 0 Å². The third-order valence-corrected chi connectivity index (χ3v) is 3.56. The Morgan fingerprint density at radius 3 is 2.76 bits per heavy atom. The van der Waals surface area contributed by atoms with Crippen LogP contribution in [0.3, 0.4) is 0 Å². The van der Waals surface area contributed by atoms with Crippen LogP contribution in [0.1, 0.15) is 23.0 Å². The average Bonchev–Trinajstić information content (AvgIpc) is 2.57. The van der Waals surface area contributed by atoms with E-state index >= 15 is 0 Å². The summed E-state index contributed by atoms with van der Waals surface area (Å²) in [6.45, 7) is 6.54. The van der Waals surface area contributed by atoms with E-state index in [9.17, 15) is 4.79 Å². The first-order chi connectivity index (χ1) is 7.99. The number of carbonyl (C=O) groups is 1. The van der Waals surface area contributed by atoms with Gasteiger partial charge in [0.25, 0.3) is 5.91 Å². The Bertz CT molecular complexity index is 430. The van der Waals surface area contributed by atoms with Crippen LogP contribution in [-0.2, 0) is 0 Å². The van der Waals surface area contributed by atoms with Gasteiger partial charge < -0.3 is 14.2 Å². The highest BCUT2D eigenvalue weighted by Gasteiger charge is 2.29. The van der Waals surface area contributed by atoms with E-state index in [1.54, 1.807) is 0 Å². The molecule has 2 rings (SSSR count). The van der Waals surface area contributed by atoms with E-state index in [1.807, 2.05) is 17.9 Å². The van der Waals surface area contributed by atoms with Gasteiger partial charge in [0, 0.05) is 31.2 Å². The minimum Gasteiger partial charge on any atom is -0.444 e. The topological polar surface area (TPSA) is 36.7 Å². The van der Waals surface area contributed by atoms with Gasteiger partial charge in [-0.15, -0.1) is 0 Å². The molecule has 0 N–H and O–H groups in total. The molecule has 1 aliphatic rings. The Labute approximate surface area is 110 Å². The zero-order valence-electron chi connectivity index (χ0n) is 10.4. The van der Waals surface area contributed by atoms with E-state index in [1.165, 1.54) is 0 Å². The van der Waals surface area contributed by atoms with Crippen molar-refractivity contribution in [3.8, 4) is 0 Å². The zero-order chi connectivity index (χ0) is 12.6. The molecule has 1 amide bonds. The summed E-state index contributed by atoms with van der Waals surface area (Å²) in [6.07, 6.45) is 0. The molecular weight excluding hydrogens is 284 g/mol. The summed E-state index contributed by atoms with van der Waals surface area (Å²) in [5.74, 6) is 0.446. The highest BCUT2D eigenvalue weighted by atomic mass is 79.9. The molecule has 1 aliphatic heterocycles. The molecule has 0 aliphatic carbocycles. The quantitative estimate of drug-likeness (QED) is 0.797. The molecule has 1 aromatic heterocycles. The van der Waals surface area contributed by atoms with Crippen LogP contribution >= 0.6 is 15.9 Å². The minimum absolute atomic E-state index is 0.00574. The predicted molar refractivity (Wildman–Crippen MR) is 69.1 cm³/mol. The standard InChI is InChI=1S/C12H17BrN2O2/c1-8-6-10(13)17-11(8)12(16)15-5-4-14(3)7-9(15)2/h6,9H,4-5,7H2,1-3H3. The molecule has 2 heterocycles. The van der Waals surface area contributed by atoms with Gasteiger partial charge in [-0.3, -0.25) is 4.79 Å². The Balaban J connectivity index is 2.17. The van der Waals surface area contributed by atoms with Gasteiger partial charge in [-0.25, -0.2) is 0 Å². The summed E-state index contributed by atoms with van der Waals surface area (Å²) < 4.78 is 6.03. The van der Waals surface area contributed by atoms with E-state index in [2.05, 4.69) is 34.8 Å². The molecule has 0 bridgehead atoms. The number of hydrogen-bond donors (Lipinski definition) is 0. The smallest absolute Gasteiger partial charge is 0.290 e. The molecule has 94 valence electrons. The van der Waals surface area contributed by atoms with Crippen molar-refractivity contribution in [2.75, 3.05) is 26.7 Å². The van der Waals surface area contributed by atoms with Crippen LogP contribution in [0.5, 0.6) is 0 Å². The van der Waals surface area contributed by atoms with E-state index in [0.29, 0.717) is 10.4 Å². The lowest BCUT2D eigenvalue weighted by Gasteiger charge is -2.37. The Hall–Kier alpha value is -0.810. The van der Waals surface area contributed by atoms with Gasteiger partial charge >= 0.3 is 0 Å². The molecule has 0 saturated carbocycles. The van der Waals surface area contributed by atoms with Crippen LogP contribution in [0.25, 0.3) is 0 Å². The molecule has 17 heavy (non-hydrogen) atoms. The second kappa shape index (κ2) is 4.82. The van der Waals surface area contributed by atoms with Crippen LogP contribution in [0.2, 0.25) is 0 Å². The molecule has 0 radical (unpaired) electrons. The number of furan rings is 1. The van der Waals surface area contributed by atoms with Crippen LogP contribution in [0.15, 0.2) is 15.2 Å². The maximum Gasteiger partial charge on any atom is 0.290 e. The molecule has 5 heteroatoms. The largest absolute Gasteiger partial charge is 0.444 e. The fourth-order valence-electron chi connectivity index (χ4n) is 2.23. The number of likely N-dealkylation sites (N-methyl/N-ethyl adjacent to an activating group) is 1. The molecule has 0 spiro atoms. The fourth-order valence-corrected chi connectivity index (χ4v) is 2.73. The van der Waals surface area contributed by atoms with Crippen LogP contribution in [0.4, 0.5) is 0 Å². The number of carbonyl (C=O) groups excluding carboxylic acids is 1. The molecule has 1 unspecified atom stereocenters. The van der Waals surface area contributed by atoms with E-state index in [-0.39, 0.29) is 11.9 Å². The van der Waals surface area contributed by atoms with E-state index in [4.69, 9.17) is 4.42 Å². The lowest BCUT2D eigenvalue weighted by atomic mass is 10.1. The molecule has 1 aromatic rings. The van der Waals surface area contributed by atoms with Gasteiger partial charge in [0.05, 0.1) is 0 Å². The molecule has 0 aromatic carbocycles. The Morgan fingerprint density at radius 1 is 1.53 bits per heavy atom. The zero-order valence-corrected chi connectivity index (χ0v) is 12.0. The summed E-state index contributed by atoms with van der Waals surface area (Å²) >= 11 is 3.25. The van der Waals surface area contributed by atoms with Crippen molar-refractivity contribution in [3.63, 3.8) is 0 Å². The van der Waals surface area contributed by atoms with Crippen molar-refractivity contribution in [2.24, 2.45) is 0 Å². The number of rotatable bonds is 1. The molecule has 1 saturated heterocycles. The highest BCUT2D eigenvalue weighted by molar-refractivity contribution is 9.10. The van der Waals surface area contributed by atoms with Gasteiger partial charge in [-0.1, -0.05) is 0 Å². The summed E-state index contributed by atoms with van der Waals surface area (Å²) in [7, 11) is 2.08. The molecular formula is C12H17BrN2O2. The summed E-state index contributed by atoms with van der Waals surface area (Å²) in [5, 5.41) is 0. The predicted octanol–water partition coefficient (Wildman–Crippen LogP) is 2.13. The third kappa shape index (κ3) is 2.55. The summed E-state index contributed by atoms with van der Waals surface area (Å²) in [6, 6.07) is 2.05. The third-order valence-electron chi connectivity index (χ3n) is 3.17. The summed E-state index contributed by atoms with van der Waals surface area (Å²) in [4.78, 5) is 16.5. The van der Waals surface area contributed by atoms with Gasteiger partial charge in [0.15, 0.2) is 10.4 Å². The van der Waals surface area contributed by atoms with Crippen molar-refractivity contribution in [2.45, 2.75) is 19.9 Å². The second-order valence-corrected chi connectivity index (χ2v) is 5.45. The SMILES string of the molecule is Cc1cc(Br)oc1C(=O)N1CCN(C)CC1C. The fraction of sp³-hybridized carbons (Fsp3) is 0.583. The molecule has 4 nitrogen and oxygen atoms in total. The van der Waals surface area contributed by atoms with Crippen molar-refractivity contribution in [1.82, 2.24) is 9.80 Å². The monoisotopic (exact) mass is 300 g/mol. The first-order valence-electron chi connectivity index (χ1n) is 5.74. The van der Waals surface area contributed by atoms with Crippen LogP contribution < -0.4 is 0 Å². The molecule has 1 fully saturated rings. The van der Waals surface area contributed by atoms with Crippen molar-refractivity contribution >= 4 is 21.8 Å². The highest BCUT2D eigenvalue weighted by Crippen LogP contribution is 2.22. The van der Waals surface area contributed by atoms with Gasteiger partial charge in [0.1, 0.15) is 0 Å². The Kier molecular flexibility index (Phi) is 3.58. The maximum atomic E-state index is 12.3. The lowest BCUT2D eigenvalue weighted by Crippen LogP contribution is -2.52. The first kappa shape index (κ1) is 12.6. The number of halogens is 1. The van der Waals surface area contributed by atoms with Crippen LogP contribution in [0, 0.1) is 6.92 Å². The minimum atomic E-state index is -0.00574. The first-order valence-corrected chi connectivity index (χ1v) is 6.54. The summed E-state index contributed by atoms with van der Waals surface area (Å²) in [5.41, 5.74) is 0.882. The van der Waals surface area contributed by atoms with Crippen LogP contribution in [-0.4, -0.2) is 48.4 Å². The van der Waals surface area contributed by atoms with Crippen molar-refractivity contribution in [3.05, 3.63) is 22.1 Å². The van der Waals surface area contributed by atoms with E-state index in [0.717, 1.165) is 25.2 Å². The van der Waals surface area contributed by atoms with Crippen molar-refractivity contribution < 1.29 is 9.21 Å².